The van der Waals surface area contributed by atoms with Crippen molar-refractivity contribution in [2.24, 2.45) is 0 Å². The van der Waals surface area contributed by atoms with Gasteiger partial charge in [-0.05, 0) is 49.8 Å². The standard InChI is InChI=1S/C20H27FN2O2/c21-17-10-8-16(9-11-17)12-14-23(18-5-1-2-6-18)20(25)15-22-13-4-3-7-19(22)24/h8-11,18H,1-7,12-15H2. The lowest BCUT2D eigenvalue weighted by atomic mass is 10.1. The van der Waals surface area contributed by atoms with Crippen molar-refractivity contribution in [1.82, 2.24) is 9.80 Å². The van der Waals surface area contributed by atoms with Crippen LogP contribution in [0.3, 0.4) is 0 Å². The van der Waals surface area contributed by atoms with Crippen molar-refractivity contribution in [3.8, 4) is 0 Å². The number of amides is 2. The summed E-state index contributed by atoms with van der Waals surface area (Å²) in [6.45, 7) is 1.54. The van der Waals surface area contributed by atoms with Crippen LogP contribution in [0.1, 0.15) is 50.5 Å². The number of benzene rings is 1. The number of halogens is 1. The number of hydrogen-bond acceptors (Lipinski definition) is 2. The summed E-state index contributed by atoms with van der Waals surface area (Å²) in [4.78, 5) is 28.6. The van der Waals surface area contributed by atoms with Gasteiger partial charge < -0.3 is 9.80 Å². The topological polar surface area (TPSA) is 40.6 Å². The third-order valence-electron chi connectivity index (χ3n) is 5.39. The third kappa shape index (κ3) is 4.80. The summed E-state index contributed by atoms with van der Waals surface area (Å²) < 4.78 is 13.1. The van der Waals surface area contributed by atoms with Crippen LogP contribution in [-0.2, 0) is 16.0 Å². The quantitative estimate of drug-likeness (QED) is 0.794. The summed E-state index contributed by atoms with van der Waals surface area (Å²) in [5.41, 5.74) is 1.03. The number of carbonyl (C=O) groups excluding carboxylic acids is 2. The zero-order chi connectivity index (χ0) is 17.6. The minimum absolute atomic E-state index is 0.0595. The van der Waals surface area contributed by atoms with Crippen molar-refractivity contribution >= 4 is 11.8 Å². The van der Waals surface area contributed by atoms with Gasteiger partial charge in [-0.25, -0.2) is 4.39 Å². The van der Waals surface area contributed by atoms with Crippen LogP contribution in [-0.4, -0.2) is 47.3 Å². The van der Waals surface area contributed by atoms with Gasteiger partial charge in [0.15, 0.2) is 0 Å². The van der Waals surface area contributed by atoms with E-state index in [9.17, 15) is 14.0 Å². The van der Waals surface area contributed by atoms with E-state index in [0.29, 0.717) is 19.5 Å². The fourth-order valence-electron chi connectivity index (χ4n) is 3.91. The Bertz CT molecular complexity index is 596. The fraction of sp³-hybridized carbons (Fsp3) is 0.600. The Kier molecular flexibility index (Phi) is 6.05. The minimum Gasteiger partial charge on any atom is -0.338 e. The molecule has 0 spiro atoms. The van der Waals surface area contributed by atoms with E-state index >= 15 is 0 Å². The molecule has 0 atom stereocenters. The van der Waals surface area contributed by atoms with Crippen molar-refractivity contribution in [3.63, 3.8) is 0 Å². The Labute approximate surface area is 149 Å². The summed E-state index contributed by atoms with van der Waals surface area (Å²) in [6.07, 6.45) is 7.61. The van der Waals surface area contributed by atoms with E-state index in [-0.39, 0.29) is 30.2 Å². The van der Waals surface area contributed by atoms with Crippen molar-refractivity contribution < 1.29 is 14.0 Å². The van der Waals surface area contributed by atoms with E-state index < -0.39 is 0 Å². The van der Waals surface area contributed by atoms with Crippen LogP contribution in [0.15, 0.2) is 24.3 Å². The highest BCUT2D eigenvalue weighted by atomic mass is 19.1. The van der Waals surface area contributed by atoms with Gasteiger partial charge in [0.2, 0.25) is 11.8 Å². The summed E-state index contributed by atoms with van der Waals surface area (Å²) in [7, 11) is 0. The maximum atomic E-state index is 13.1. The number of rotatable bonds is 6. The third-order valence-corrected chi connectivity index (χ3v) is 5.39. The molecule has 0 aromatic heterocycles. The van der Waals surface area contributed by atoms with Crippen LogP contribution in [0.4, 0.5) is 4.39 Å². The Morgan fingerprint density at radius 1 is 1.12 bits per heavy atom. The van der Waals surface area contributed by atoms with Gasteiger partial charge in [0.05, 0.1) is 6.54 Å². The molecule has 136 valence electrons. The van der Waals surface area contributed by atoms with Crippen LogP contribution in [0.2, 0.25) is 0 Å². The highest BCUT2D eigenvalue weighted by molar-refractivity contribution is 5.85. The normalized spacial score (nSPS) is 18.6. The van der Waals surface area contributed by atoms with Gasteiger partial charge in [-0.15, -0.1) is 0 Å². The molecule has 25 heavy (non-hydrogen) atoms. The van der Waals surface area contributed by atoms with E-state index in [4.69, 9.17) is 0 Å². The first-order valence-corrected chi connectivity index (χ1v) is 9.45. The predicted molar refractivity (Wildman–Crippen MR) is 94.5 cm³/mol. The molecular weight excluding hydrogens is 319 g/mol. The number of likely N-dealkylation sites (tertiary alicyclic amines) is 1. The van der Waals surface area contributed by atoms with E-state index in [1.807, 2.05) is 4.90 Å². The van der Waals surface area contributed by atoms with Gasteiger partial charge in [-0.3, -0.25) is 9.59 Å². The zero-order valence-corrected chi connectivity index (χ0v) is 14.8. The average molecular weight is 346 g/mol. The molecule has 1 aliphatic carbocycles. The largest absolute Gasteiger partial charge is 0.338 e. The second-order valence-corrected chi connectivity index (χ2v) is 7.17. The fourth-order valence-corrected chi connectivity index (χ4v) is 3.91. The second-order valence-electron chi connectivity index (χ2n) is 7.17. The molecule has 4 nitrogen and oxygen atoms in total. The molecule has 2 amide bonds. The summed E-state index contributed by atoms with van der Waals surface area (Å²) >= 11 is 0. The molecule has 0 unspecified atom stereocenters. The highest BCUT2D eigenvalue weighted by Crippen LogP contribution is 2.24. The van der Waals surface area contributed by atoms with E-state index in [2.05, 4.69) is 0 Å². The summed E-state index contributed by atoms with van der Waals surface area (Å²) in [5.74, 6) is -0.0788. The molecule has 0 radical (unpaired) electrons. The molecule has 0 N–H and O–H groups in total. The first-order chi connectivity index (χ1) is 12.1. The van der Waals surface area contributed by atoms with E-state index in [0.717, 1.165) is 50.5 Å². The van der Waals surface area contributed by atoms with Gasteiger partial charge >= 0.3 is 0 Å². The molecule has 2 fully saturated rings. The molecule has 1 aromatic carbocycles. The molecular formula is C20H27FN2O2. The first-order valence-electron chi connectivity index (χ1n) is 9.45. The first kappa shape index (κ1) is 17.9. The van der Waals surface area contributed by atoms with Gasteiger partial charge in [0.25, 0.3) is 0 Å². The van der Waals surface area contributed by atoms with Crippen LogP contribution in [0.25, 0.3) is 0 Å². The van der Waals surface area contributed by atoms with Gasteiger partial charge in [0, 0.05) is 25.6 Å². The number of nitrogens with zero attached hydrogens (tertiary/aromatic N) is 2. The van der Waals surface area contributed by atoms with Gasteiger partial charge in [-0.2, -0.15) is 0 Å². The van der Waals surface area contributed by atoms with Gasteiger partial charge in [0.1, 0.15) is 5.82 Å². The number of piperidine rings is 1. The highest BCUT2D eigenvalue weighted by Gasteiger charge is 2.29. The van der Waals surface area contributed by atoms with E-state index in [1.54, 1.807) is 17.0 Å². The van der Waals surface area contributed by atoms with Crippen LogP contribution in [0.5, 0.6) is 0 Å². The van der Waals surface area contributed by atoms with Crippen LogP contribution >= 0.6 is 0 Å². The predicted octanol–water partition coefficient (Wildman–Crippen LogP) is 3.15. The Morgan fingerprint density at radius 3 is 2.52 bits per heavy atom. The maximum Gasteiger partial charge on any atom is 0.242 e. The molecule has 2 aliphatic rings. The molecule has 3 rings (SSSR count). The Hall–Kier alpha value is -1.91. The molecule has 5 heteroatoms. The number of carbonyl (C=O) groups is 2. The lowest BCUT2D eigenvalue weighted by Crippen LogP contribution is -2.48. The van der Waals surface area contributed by atoms with Crippen LogP contribution < -0.4 is 0 Å². The lowest BCUT2D eigenvalue weighted by Gasteiger charge is -2.33. The number of hydrogen-bond donors (Lipinski definition) is 0. The average Bonchev–Trinajstić information content (AvgIpc) is 3.13. The minimum atomic E-state index is -0.240. The maximum absolute atomic E-state index is 13.1. The lowest BCUT2D eigenvalue weighted by molar-refractivity contribution is -0.143. The second kappa shape index (κ2) is 8.45. The molecule has 1 aromatic rings. The van der Waals surface area contributed by atoms with Crippen LogP contribution in [0, 0.1) is 5.82 Å². The Balaban J connectivity index is 1.62. The summed E-state index contributed by atoms with van der Waals surface area (Å²) in [5, 5.41) is 0. The van der Waals surface area contributed by atoms with E-state index in [1.165, 1.54) is 12.1 Å². The monoisotopic (exact) mass is 346 g/mol. The smallest absolute Gasteiger partial charge is 0.242 e. The molecule has 1 saturated carbocycles. The molecule has 1 aliphatic heterocycles. The Morgan fingerprint density at radius 2 is 1.84 bits per heavy atom. The van der Waals surface area contributed by atoms with Crippen molar-refractivity contribution in [2.45, 2.75) is 57.4 Å². The summed E-state index contributed by atoms with van der Waals surface area (Å²) in [6, 6.07) is 6.77. The van der Waals surface area contributed by atoms with Crippen molar-refractivity contribution in [3.05, 3.63) is 35.6 Å². The molecule has 0 bridgehead atoms. The SMILES string of the molecule is O=C1CCCCN1CC(=O)N(CCc1ccc(F)cc1)C1CCCC1. The molecule has 1 saturated heterocycles. The van der Waals surface area contributed by atoms with Gasteiger partial charge in [-0.1, -0.05) is 25.0 Å². The molecule has 1 heterocycles. The zero-order valence-electron chi connectivity index (χ0n) is 14.8. The van der Waals surface area contributed by atoms with Crippen molar-refractivity contribution in [2.75, 3.05) is 19.6 Å². The van der Waals surface area contributed by atoms with Crippen molar-refractivity contribution in [1.29, 1.82) is 0 Å².